The number of phenols is 1. The van der Waals surface area contributed by atoms with Crippen LogP contribution in [0.1, 0.15) is 13.8 Å². The molecule has 0 radical (unpaired) electrons. The Labute approximate surface area is 178 Å². The van der Waals surface area contributed by atoms with E-state index in [1.165, 1.54) is 0 Å². The second-order valence-electron chi connectivity index (χ2n) is 7.26. The van der Waals surface area contributed by atoms with Gasteiger partial charge in [0.25, 0.3) is 0 Å². The van der Waals surface area contributed by atoms with Crippen molar-refractivity contribution in [1.82, 2.24) is 9.80 Å². The highest BCUT2D eigenvalue weighted by atomic mass is 16.5. The molecule has 1 saturated heterocycles. The normalized spacial score (nSPS) is 14.1. The Morgan fingerprint density at radius 1 is 1.03 bits per heavy atom. The van der Waals surface area contributed by atoms with Gasteiger partial charge in [-0.2, -0.15) is 0 Å². The molecule has 0 unspecified atom stereocenters. The van der Waals surface area contributed by atoms with E-state index in [4.69, 9.17) is 4.74 Å². The number of benzene rings is 2. The van der Waals surface area contributed by atoms with E-state index in [-0.39, 0.29) is 11.8 Å². The van der Waals surface area contributed by atoms with Crippen molar-refractivity contribution in [3.05, 3.63) is 48.5 Å². The molecule has 0 aliphatic carbocycles. The molecule has 1 aliphatic heterocycles. The summed E-state index contributed by atoms with van der Waals surface area (Å²) >= 11 is 0. The molecular formula is C23H32N4O3. The van der Waals surface area contributed by atoms with E-state index in [0.717, 1.165) is 25.3 Å². The summed E-state index contributed by atoms with van der Waals surface area (Å²) in [5.74, 6) is 0.956. The zero-order valence-corrected chi connectivity index (χ0v) is 17.9. The summed E-state index contributed by atoms with van der Waals surface area (Å²) in [5, 5.41) is 13.0. The maximum Gasteiger partial charge on any atom is 0.322 e. The summed E-state index contributed by atoms with van der Waals surface area (Å²) in [6, 6.07) is 14.7. The number of nitrogens with zero attached hydrogens (tertiary/aromatic N) is 3. The molecule has 0 spiro atoms. The zero-order chi connectivity index (χ0) is 21.3. The van der Waals surface area contributed by atoms with Crippen LogP contribution in [0.3, 0.4) is 0 Å². The number of ether oxygens (including phenoxy) is 1. The first-order chi connectivity index (χ1) is 14.6. The van der Waals surface area contributed by atoms with Gasteiger partial charge < -0.3 is 29.9 Å². The molecule has 162 valence electrons. The summed E-state index contributed by atoms with van der Waals surface area (Å²) in [4.78, 5) is 19.0. The molecule has 2 N–H and O–H groups in total. The first-order valence-electron chi connectivity index (χ1n) is 10.7. The van der Waals surface area contributed by atoms with Crippen LogP contribution >= 0.6 is 0 Å². The van der Waals surface area contributed by atoms with Gasteiger partial charge in [-0.3, -0.25) is 0 Å². The Balaban J connectivity index is 1.53. The Morgan fingerprint density at radius 3 is 2.40 bits per heavy atom. The predicted octanol–water partition coefficient (Wildman–Crippen LogP) is 3.47. The van der Waals surface area contributed by atoms with Crippen molar-refractivity contribution in [1.29, 1.82) is 0 Å². The summed E-state index contributed by atoms with van der Waals surface area (Å²) in [6.45, 7) is 10.2. The minimum absolute atomic E-state index is 0.133. The fourth-order valence-corrected chi connectivity index (χ4v) is 3.60. The maximum atomic E-state index is 12.8. The van der Waals surface area contributed by atoms with Gasteiger partial charge in [-0.1, -0.05) is 38.1 Å². The van der Waals surface area contributed by atoms with E-state index in [2.05, 4.69) is 29.0 Å². The molecule has 30 heavy (non-hydrogen) atoms. The molecule has 2 aromatic rings. The smallest absolute Gasteiger partial charge is 0.322 e. The van der Waals surface area contributed by atoms with Crippen LogP contribution in [-0.4, -0.2) is 73.4 Å². The number of anilines is 2. The number of hydrogen-bond donors (Lipinski definition) is 2. The second kappa shape index (κ2) is 10.7. The van der Waals surface area contributed by atoms with Gasteiger partial charge in [0.1, 0.15) is 18.1 Å². The summed E-state index contributed by atoms with van der Waals surface area (Å²) in [5.41, 5.74) is 1.50. The van der Waals surface area contributed by atoms with Crippen LogP contribution < -0.4 is 15.0 Å². The third kappa shape index (κ3) is 5.57. The lowest BCUT2D eigenvalue weighted by Gasteiger charge is -2.36. The highest BCUT2D eigenvalue weighted by Gasteiger charge is 2.23. The van der Waals surface area contributed by atoms with Crippen LogP contribution in [0, 0.1) is 0 Å². The molecule has 0 atom stereocenters. The topological polar surface area (TPSA) is 68.3 Å². The van der Waals surface area contributed by atoms with Crippen molar-refractivity contribution in [2.75, 3.05) is 62.6 Å². The standard InChI is InChI=1S/C23H32N4O3/c1-3-25(4-2)17-18-30-22-12-8-5-9-19(22)24-23(29)27-15-13-26(14-16-27)20-10-6-7-11-21(20)28/h5-12,28H,3-4,13-18H2,1-2H3,(H,24,29). The van der Waals surface area contributed by atoms with Gasteiger partial charge in [-0.25, -0.2) is 4.79 Å². The molecule has 3 rings (SSSR count). The van der Waals surface area contributed by atoms with Gasteiger partial charge in [0.15, 0.2) is 0 Å². The first-order valence-corrected chi connectivity index (χ1v) is 10.7. The van der Waals surface area contributed by atoms with E-state index >= 15 is 0 Å². The number of carbonyl (C=O) groups is 1. The lowest BCUT2D eigenvalue weighted by atomic mass is 10.2. The Bertz CT molecular complexity index is 818. The number of phenolic OH excluding ortho intramolecular Hbond substituents is 1. The van der Waals surface area contributed by atoms with Crippen molar-refractivity contribution in [3.8, 4) is 11.5 Å². The highest BCUT2D eigenvalue weighted by molar-refractivity contribution is 5.91. The molecule has 7 heteroatoms. The molecule has 0 saturated carbocycles. The molecule has 0 bridgehead atoms. The van der Waals surface area contributed by atoms with E-state index in [0.29, 0.717) is 44.2 Å². The van der Waals surface area contributed by atoms with E-state index < -0.39 is 0 Å². The Hall–Kier alpha value is -2.93. The highest BCUT2D eigenvalue weighted by Crippen LogP contribution is 2.28. The largest absolute Gasteiger partial charge is 0.506 e. The van der Waals surface area contributed by atoms with Gasteiger partial charge in [0, 0.05) is 32.7 Å². The summed E-state index contributed by atoms with van der Waals surface area (Å²) < 4.78 is 5.94. The molecule has 2 amide bonds. The monoisotopic (exact) mass is 412 g/mol. The molecule has 0 aromatic heterocycles. The van der Waals surface area contributed by atoms with Crippen LogP contribution in [0.5, 0.6) is 11.5 Å². The predicted molar refractivity (Wildman–Crippen MR) is 121 cm³/mol. The minimum atomic E-state index is -0.133. The number of carbonyl (C=O) groups excluding carboxylic acids is 1. The van der Waals surface area contributed by atoms with Gasteiger partial charge in [-0.05, 0) is 37.4 Å². The maximum absolute atomic E-state index is 12.8. The molecule has 1 fully saturated rings. The van der Waals surface area contributed by atoms with Crippen molar-refractivity contribution in [2.45, 2.75) is 13.8 Å². The van der Waals surface area contributed by atoms with Gasteiger partial charge in [0.05, 0.1) is 11.4 Å². The number of amides is 2. The molecular weight excluding hydrogens is 380 g/mol. The van der Waals surface area contributed by atoms with Crippen LogP contribution in [-0.2, 0) is 0 Å². The van der Waals surface area contributed by atoms with Crippen molar-refractivity contribution < 1.29 is 14.6 Å². The first kappa shape index (κ1) is 21.8. The molecule has 7 nitrogen and oxygen atoms in total. The van der Waals surface area contributed by atoms with Crippen LogP contribution in [0.2, 0.25) is 0 Å². The number of likely N-dealkylation sites (N-methyl/N-ethyl adjacent to an activating group) is 1. The van der Waals surface area contributed by atoms with E-state index in [9.17, 15) is 9.90 Å². The van der Waals surface area contributed by atoms with E-state index in [1.54, 1.807) is 11.0 Å². The van der Waals surface area contributed by atoms with Crippen LogP contribution in [0.25, 0.3) is 0 Å². The third-order valence-corrected chi connectivity index (χ3v) is 5.48. The Kier molecular flexibility index (Phi) is 7.79. The SMILES string of the molecule is CCN(CC)CCOc1ccccc1NC(=O)N1CCN(c2ccccc2O)CC1. The summed E-state index contributed by atoms with van der Waals surface area (Å²) in [7, 11) is 0. The number of para-hydroxylation sites is 4. The summed E-state index contributed by atoms with van der Waals surface area (Å²) in [6.07, 6.45) is 0. The van der Waals surface area contributed by atoms with Gasteiger partial charge in [0.2, 0.25) is 0 Å². The second-order valence-corrected chi connectivity index (χ2v) is 7.26. The van der Waals surface area contributed by atoms with Gasteiger partial charge in [-0.15, -0.1) is 0 Å². The minimum Gasteiger partial charge on any atom is -0.506 e. The lowest BCUT2D eigenvalue weighted by molar-refractivity contribution is 0.207. The zero-order valence-electron chi connectivity index (χ0n) is 17.9. The fraction of sp³-hybridized carbons (Fsp3) is 0.435. The number of nitrogens with one attached hydrogen (secondary N) is 1. The molecule has 1 aliphatic rings. The fourth-order valence-electron chi connectivity index (χ4n) is 3.60. The average Bonchev–Trinajstić information content (AvgIpc) is 2.78. The van der Waals surface area contributed by atoms with Crippen LogP contribution in [0.15, 0.2) is 48.5 Å². The molecule has 2 aromatic carbocycles. The number of aromatic hydroxyl groups is 1. The number of urea groups is 1. The quantitative estimate of drug-likeness (QED) is 0.695. The van der Waals surface area contributed by atoms with Crippen LogP contribution in [0.4, 0.5) is 16.2 Å². The van der Waals surface area contributed by atoms with E-state index in [1.807, 2.05) is 42.5 Å². The average molecular weight is 413 g/mol. The van der Waals surface area contributed by atoms with Crippen molar-refractivity contribution in [3.63, 3.8) is 0 Å². The number of hydrogen-bond acceptors (Lipinski definition) is 5. The van der Waals surface area contributed by atoms with Gasteiger partial charge >= 0.3 is 6.03 Å². The van der Waals surface area contributed by atoms with Crippen molar-refractivity contribution >= 4 is 17.4 Å². The molecule has 1 heterocycles. The van der Waals surface area contributed by atoms with Crippen molar-refractivity contribution in [2.24, 2.45) is 0 Å². The Morgan fingerprint density at radius 2 is 1.70 bits per heavy atom. The number of piperazine rings is 1. The third-order valence-electron chi connectivity index (χ3n) is 5.48. The number of rotatable bonds is 8. The lowest BCUT2D eigenvalue weighted by Crippen LogP contribution is -2.50.